The smallest absolute Gasteiger partial charge is 0.241 e. The molecule has 0 unspecified atom stereocenters. The van der Waals surface area contributed by atoms with Crippen LogP contribution in [-0.2, 0) is 15.0 Å². The lowest BCUT2D eigenvalue weighted by atomic mass is 9.65. The van der Waals surface area contributed by atoms with Crippen LogP contribution in [0.3, 0.4) is 0 Å². The number of carbonyl (C=O) groups is 2. The molecule has 37 heavy (non-hydrogen) atoms. The Kier molecular flexibility index (Phi) is 6.25. The number of Topliss-reactive ketones (excluding diaryl/α,β-unsaturated/α-hetero) is 1. The molecule has 1 fully saturated rings. The first-order valence-electron chi connectivity index (χ1n) is 12.6. The van der Waals surface area contributed by atoms with Crippen molar-refractivity contribution in [3.05, 3.63) is 69.1 Å². The minimum Gasteiger partial charge on any atom is -0.390 e. The lowest BCUT2D eigenvalue weighted by molar-refractivity contribution is -0.121. The highest BCUT2D eigenvalue weighted by Crippen LogP contribution is 2.56. The summed E-state index contributed by atoms with van der Waals surface area (Å²) in [5.74, 6) is -1.21. The molecule has 2 aromatic rings. The predicted octanol–water partition coefficient (Wildman–Crippen LogP) is 6.26. The Labute approximate surface area is 226 Å². The minimum absolute atomic E-state index is 0.0170. The van der Waals surface area contributed by atoms with E-state index in [0.29, 0.717) is 41.1 Å². The van der Waals surface area contributed by atoms with Gasteiger partial charge in [-0.25, -0.2) is 4.39 Å². The number of amides is 1. The molecule has 0 bridgehead atoms. The second kappa shape index (κ2) is 8.82. The number of hydrogen-bond donors (Lipinski definition) is 3. The summed E-state index contributed by atoms with van der Waals surface area (Å²) in [4.78, 5) is 27.9. The van der Waals surface area contributed by atoms with E-state index in [4.69, 9.17) is 23.2 Å². The highest BCUT2D eigenvalue weighted by Gasteiger charge is 2.61. The van der Waals surface area contributed by atoms with Crippen LogP contribution in [0.4, 0.5) is 10.1 Å². The molecule has 2 aromatic carbocycles. The molecule has 2 atom stereocenters. The van der Waals surface area contributed by atoms with Crippen molar-refractivity contribution in [2.75, 3.05) is 5.32 Å². The largest absolute Gasteiger partial charge is 0.390 e. The maximum Gasteiger partial charge on any atom is 0.241 e. The standard InChI is InChI=1S/C29H31Cl2FN2O3/c1-27(2,3)14-22-29(18-9-8-16(30)11-20(18)33-26(29)36)23(17-6-5-7-19(31)24(17)32)25(34-22)21(35)10-15-12-28(4,37)13-15/h5-9,11,15,22,34,37H,10,12-14H2,1-4H3,(H,33,36)/t15?,22-,28?,29+/m1/s1. The molecule has 2 aliphatic heterocycles. The van der Waals surface area contributed by atoms with Crippen LogP contribution in [0.2, 0.25) is 10.0 Å². The summed E-state index contributed by atoms with van der Waals surface area (Å²) in [6.07, 6.45) is 1.76. The number of anilines is 1. The van der Waals surface area contributed by atoms with Gasteiger partial charge in [-0.2, -0.15) is 0 Å². The summed E-state index contributed by atoms with van der Waals surface area (Å²) in [7, 11) is 0. The highest BCUT2D eigenvalue weighted by molar-refractivity contribution is 6.32. The molecule has 2 heterocycles. The predicted molar refractivity (Wildman–Crippen MR) is 144 cm³/mol. The van der Waals surface area contributed by atoms with Crippen molar-refractivity contribution in [1.82, 2.24) is 5.32 Å². The van der Waals surface area contributed by atoms with Crippen LogP contribution in [0.5, 0.6) is 0 Å². The average Bonchev–Trinajstić information content (AvgIpc) is 3.23. The van der Waals surface area contributed by atoms with Gasteiger partial charge >= 0.3 is 0 Å². The van der Waals surface area contributed by atoms with Gasteiger partial charge in [-0.05, 0) is 61.3 Å². The van der Waals surface area contributed by atoms with Gasteiger partial charge in [-0.15, -0.1) is 0 Å². The Bertz CT molecular complexity index is 1340. The Morgan fingerprint density at radius 3 is 2.54 bits per heavy atom. The van der Waals surface area contributed by atoms with Crippen molar-refractivity contribution in [2.45, 2.75) is 70.4 Å². The molecule has 5 rings (SSSR count). The summed E-state index contributed by atoms with van der Waals surface area (Å²) in [6, 6.07) is 9.29. The van der Waals surface area contributed by atoms with Crippen LogP contribution in [0.1, 0.15) is 64.5 Å². The molecule has 1 saturated carbocycles. The lowest BCUT2D eigenvalue weighted by Gasteiger charge is -2.40. The third-order valence-electron chi connectivity index (χ3n) is 7.75. The van der Waals surface area contributed by atoms with Gasteiger partial charge in [0.15, 0.2) is 5.78 Å². The van der Waals surface area contributed by atoms with Crippen LogP contribution in [-0.4, -0.2) is 28.4 Å². The zero-order valence-corrected chi connectivity index (χ0v) is 22.9. The zero-order valence-electron chi connectivity index (χ0n) is 21.3. The van der Waals surface area contributed by atoms with E-state index in [0.717, 1.165) is 0 Å². The number of benzene rings is 2. The molecule has 196 valence electrons. The van der Waals surface area contributed by atoms with Crippen LogP contribution in [0.15, 0.2) is 42.1 Å². The van der Waals surface area contributed by atoms with Crippen LogP contribution in [0.25, 0.3) is 5.57 Å². The molecule has 0 aromatic heterocycles. The molecule has 1 amide bonds. The summed E-state index contributed by atoms with van der Waals surface area (Å²) < 4.78 is 15.7. The van der Waals surface area contributed by atoms with E-state index in [2.05, 4.69) is 31.4 Å². The molecule has 1 aliphatic carbocycles. The fourth-order valence-corrected chi connectivity index (χ4v) is 6.75. The number of fused-ring (bicyclic) bond motifs is 2. The van der Waals surface area contributed by atoms with E-state index in [-0.39, 0.29) is 45.7 Å². The number of nitrogens with one attached hydrogen (secondary N) is 2. The Balaban J connectivity index is 1.75. The van der Waals surface area contributed by atoms with E-state index in [1.54, 1.807) is 37.3 Å². The number of aliphatic hydroxyl groups is 1. The molecule has 1 spiro atoms. The number of carbonyl (C=O) groups excluding carboxylic acids is 2. The topological polar surface area (TPSA) is 78.4 Å². The SMILES string of the molecule is CC(C)(C)C[C@H]1NC(C(=O)CC2CC(C)(O)C2)=C(c2cccc(Cl)c2F)[C@@]12C(=O)Nc1cc(Cl)ccc12. The Hall–Kier alpha value is -2.41. The van der Waals surface area contributed by atoms with E-state index >= 15 is 4.39 Å². The second-order valence-electron chi connectivity index (χ2n) is 12.2. The summed E-state index contributed by atoms with van der Waals surface area (Å²) >= 11 is 12.5. The number of allylic oxidation sites excluding steroid dienone is 1. The quantitative estimate of drug-likeness (QED) is 0.415. The fourth-order valence-electron chi connectivity index (χ4n) is 6.40. The normalized spacial score (nSPS) is 28.7. The number of halogens is 3. The molecule has 0 saturated heterocycles. The van der Waals surface area contributed by atoms with Gasteiger partial charge in [0.1, 0.15) is 11.2 Å². The maximum absolute atomic E-state index is 15.7. The van der Waals surface area contributed by atoms with Gasteiger partial charge in [0, 0.05) is 34.3 Å². The first-order valence-corrected chi connectivity index (χ1v) is 13.3. The highest BCUT2D eigenvalue weighted by atomic mass is 35.5. The van der Waals surface area contributed by atoms with Crippen molar-refractivity contribution >= 4 is 46.2 Å². The monoisotopic (exact) mass is 544 g/mol. The summed E-state index contributed by atoms with van der Waals surface area (Å²) in [5.41, 5.74) is -0.508. The fraction of sp³-hybridized carbons (Fsp3) is 0.448. The van der Waals surface area contributed by atoms with E-state index in [1.165, 1.54) is 6.07 Å². The average molecular weight is 545 g/mol. The number of rotatable bonds is 5. The number of hydrogen-bond acceptors (Lipinski definition) is 4. The molecule has 8 heteroatoms. The van der Waals surface area contributed by atoms with Gasteiger partial charge in [0.05, 0.1) is 16.3 Å². The molecule has 3 aliphatic rings. The minimum atomic E-state index is -1.37. The molecular formula is C29H31Cl2FN2O3. The first kappa shape index (κ1) is 26.2. The van der Waals surface area contributed by atoms with Crippen molar-refractivity contribution in [3.8, 4) is 0 Å². The summed E-state index contributed by atoms with van der Waals surface area (Å²) in [6.45, 7) is 7.95. The molecule has 5 nitrogen and oxygen atoms in total. The van der Waals surface area contributed by atoms with E-state index in [1.807, 2.05) is 0 Å². The number of ketones is 1. The van der Waals surface area contributed by atoms with Crippen molar-refractivity contribution in [1.29, 1.82) is 0 Å². The molecule has 3 N–H and O–H groups in total. The third-order valence-corrected chi connectivity index (χ3v) is 8.27. The van der Waals surface area contributed by atoms with Gasteiger partial charge in [0.25, 0.3) is 0 Å². The van der Waals surface area contributed by atoms with Crippen LogP contribution in [0, 0.1) is 17.2 Å². The van der Waals surface area contributed by atoms with E-state index < -0.39 is 22.9 Å². The van der Waals surface area contributed by atoms with Gasteiger partial charge in [0.2, 0.25) is 5.91 Å². The molecule has 0 radical (unpaired) electrons. The maximum atomic E-state index is 15.7. The van der Waals surface area contributed by atoms with Crippen molar-refractivity contribution in [2.24, 2.45) is 11.3 Å². The van der Waals surface area contributed by atoms with Gasteiger partial charge in [-0.1, -0.05) is 62.2 Å². The van der Waals surface area contributed by atoms with Crippen molar-refractivity contribution in [3.63, 3.8) is 0 Å². The van der Waals surface area contributed by atoms with Crippen LogP contribution >= 0.6 is 23.2 Å². The first-order chi connectivity index (χ1) is 17.2. The van der Waals surface area contributed by atoms with E-state index in [9.17, 15) is 14.7 Å². The van der Waals surface area contributed by atoms with Gasteiger partial charge in [-0.3, -0.25) is 9.59 Å². The Morgan fingerprint density at radius 2 is 1.89 bits per heavy atom. The molecular weight excluding hydrogens is 514 g/mol. The van der Waals surface area contributed by atoms with Crippen molar-refractivity contribution < 1.29 is 19.1 Å². The Morgan fingerprint density at radius 1 is 1.19 bits per heavy atom. The van der Waals surface area contributed by atoms with Gasteiger partial charge < -0.3 is 15.7 Å². The zero-order chi connectivity index (χ0) is 26.9. The van der Waals surface area contributed by atoms with Crippen LogP contribution < -0.4 is 10.6 Å². The summed E-state index contributed by atoms with van der Waals surface area (Å²) in [5, 5.41) is 16.9. The second-order valence-corrected chi connectivity index (χ2v) is 13.0. The third kappa shape index (κ3) is 4.37. The lowest BCUT2D eigenvalue weighted by Crippen LogP contribution is -2.49.